The van der Waals surface area contributed by atoms with E-state index in [9.17, 15) is 14.9 Å². The van der Waals surface area contributed by atoms with E-state index >= 15 is 0 Å². The second-order valence-electron chi connectivity index (χ2n) is 7.82. The van der Waals surface area contributed by atoms with Gasteiger partial charge in [0.1, 0.15) is 11.9 Å². The molecule has 3 aromatic rings. The molecule has 1 aliphatic rings. The van der Waals surface area contributed by atoms with Crippen molar-refractivity contribution in [2.75, 3.05) is 24.6 Å². The molecule has 2 heterocycles. The van der Waals surface area contributed by atoms with E-state index in [1.54, 1.807) is 6.20 Å². The van der Waals surface area contributed by atoms with Gasteiger partial charge in [-0.25, -0.2) is 4.98 Å². The van der Waals surface area contributed by atoms with Gasteiger partial charge in [0.25, 0.3) is 5.69 Å². The number of rotatable bonds is 8. The van der Waals surface area contributed by atoms with Crippen LogP contribution in [0.15, 0.2) is 54.9 Å². The number of hydrogen-bond acceptors (Lipinski definition) is 8. The highest BCUT2D eigenvalue weighted by Gasteiger charge is 2.25. The maximum atomic E-state index is 11.9. The molecule has 0 radical (unpaired) electrons. The lowest BCUT2D eigenvalue weighted by atomic mass is 10.0. The van der Waals surface area contributed by atoms with Gasteiger partial charge in [-0.05, 0) is 38.0 Å². The number of nitrogens with two attached hydrogens (primary N) is 1. The normalized spacial score (nSPS) is 15.6. The lowest BCUT2D eigenvalue weighted by Gasteiger charge is -2.33. The Kier molecular flexibility index (Phi) is 6.86. The Morgan fingerprint density at radius 3 is 2.76 bits per heavy atom. The van der Waals surface area contributed by atoms with Gasteiger partial charge in [0.05, 0.1) is 36.2 Å². The fourth-order valence-electron chi connectivity index (χ4n) is 3.95. The quantitative estimate of drug-likeness (QED) is 0.396. The Morgan fingerprint density at radius 1 is 1.24 bits per heavy atom. The third kappa shape index (κ3) is 5.06. The van der Waals surface area contributed by atoms with Crippen molar-refractivity contribution in [3.63, 3.8) is 0 Å². The van der Waals surface area contributed by atoms with Crippen molar-refractivity contribution in [3.8, 4) is 22.8 Å². The minimum Gasteiger partial charge on any atom is -0.490 e. The van der Waals surface area contributed by atoms with Crippen LogP contribution in [0.3, 0.4) is 0 Å². The van der Waals surface area contributed by atoms with Crippen LogP contribution in [0.2, 0.25) is 0 Å². The molecule has 1 saturated heterocycles. The first-order chi connectivity index (χ1) is 16.5. The van der Waals surface area contributed by atoms with Gasteiger partial charge in [-0.1, -0.05) is 12.1 Å². The fraction of sp³-hybridized carbons (Fsp3) is 0.292. The molecular formula is C24H25N5O5. The first kappa shape index (κ1) is 23.0. The highest BCUT2D eigenvalue weighted by Crippen LogP contribution is 2.31. The van der Waals surface area contributed by atoms with Crippen molar-refractivity contribution in [2.45, 2.75) is 25.9 Å². The van der Waals surface area contributed by atoms with Gasteiger partial charge in [0.2, 0.25) is 5.91 Å². The molecule has 0 bridgehead atoms. The number of aromatic nitrogens is 2. The Hall–Kier alpha value is -4.21. The van der Waals surface area contributed by atoms with E-state index in [4.69, 9.17) is 15.2 Å². The Morgan fingerprint density at radius 2 is 2.03 bits per heavy atom. The zero-order valence-electron chi connectivity index (χ0n) is 18.7. The fourth-order valence-corrected chi connectivity index (χ4v) is 3.95. The summed E-state index contributed by atoms with van der Waals surface area (Å²) in [4.78, 5) is 33.6. The van der Waals surface area contributed by atoms with Gasteiger partial charge in [-0.2, -0.15) is 0 Å². The minimum atomic E-state index is -0.698. The smallest absolute Gasteiger partial charge is 0.270 e. The molecule has 10 heteroatoms. The SMILES string of the molecule is CCOc1ccccc1OC1CCCN(c2cncc(-c3cc([N+](=O)[O-])ccc3C(N)=O)n2)C1. The number of piperidine rings is 1. The molecule has 2 aromatic carbocycles. The Balaban J connectivity index is 1.58. The van der Waals surface area contributed by atoms with Gasteiger partial charge in [-0.15, -0.1) is 0 Å². The van der Waals surface area contributed by atoms with E-state index < -0.39 is 10.8 Å². The van der Waals surface area contributed by atoms with Crippen LogP contribution in [-0.4, -0.2) is 46.6 Å². The summed E-state index contributed by atoms with van der Waals surface area (Å²) in [5, 5.41) is 11.3. The van der Waals surface area contributed by atoms with E-state index in [0.717, 1.165) is 19.4 Å². The van der Waals surface area contributed by atoms with Gasteiger partial charge in [0.15, 0.2) is 11.5 Å². The molecule has 0 saturated carbocycles. The molecule has 176 valence electrons. The van der Waals surface area contributed by atoms with Gasteiger partial charge < -0.3 is 20.1 Å². The number of nitrogens with zero attached hydrogens (tertiary/aromatic N) is 4. The average Bonchev–Trinajstić information content (AvgIpc) is 2.85. The number of benzene rings is 2. The maximum absolute atomic E-state index is 11.9. The second-order valence-corrected chi connectivity index (χ2v) is 7.82. The van der Waals surface area contributed by atoms with Gasteiger partial charge >= 0.3 is 0 Å². The van der Waals surface area contributed by atoms with Gasteiger partial charge in [0, 0.05) is 29.8 Å². The average molecular weight is 463 g/mol. The van der Waals surface area contributed by atoms with Crippen molar-refractivity contribution in [2.24, 2.45) is 5.73 Å². The molecule has 1 aliphatic heterocycles. The molecule has 1 fully saturated rings. The summed E-state index contributed by atoms with van der Waals surface area (Å²) >= 11 is 0. The van der Waals surface area contributed by atoms with E-state index in [1.165, 1.54) is 24.4 Å². The lowest BCUT2D eigenvalue weighted by molar-refractivity contribution is -0.384. The summed E-state index contributed by atoms with van der Waals surface area (Å²) in [5.74, 6) is 1.29. The van der Waals surface area contributed by atoms with Crippen molar-refractivity contribution in [1.29, 1.82) is 0 Å². The molecule has 0 spiro atoms. The number of anilines is 1. The summed E-state index contributed by atoms with van der Waals surface area (Å²) in [6.07, 6.45) is 4.77. The number of ether oxygens (including phenoxy) is 2. The first-order valence-electron chi connectivity index (χ1n) is 11.0. The van der Waals surface area contributed by atoms with E-state index in [2.05, 4.69) is 14.9 Å². The Labute approximate surface area is 196 Å². The van der Waals surface area contributed by atoms with Crippen LogP contribution in [0.25, 0.3) is 11.3 Å². The summed E-state index contributed by atoms with van der Waals surface area (Å²) in [6.45, 7) is 3.80. The molecule has 34 heavy (non-hydrogen) atoms. The third-order valence-electron chi connectivity index (χ3n) is 5.52. The number of hydrogen-bond donors (Lipinski definition) is 1. The molecule has 10 nitrogen and oxygen atoms in total. The number of para-hydroxylation sites is 2. The molecule has 1 atom stereocenters. The van der Waals surface area contributed by atoms with Crippen molar-refractivity contribution in [1.82, 2.24) is 9.97 Å². The lowest BCUT2D eigenvalue weighted by Crippen LogP contribution is -2.41. The van der Waals surface area contributed by atoms with Crippen molar-refractivity contribution < 1.29 is 19.2 Å². The molecule has 1 amide bonds. The van der Waals surface area contributed by atoms with Crippen LogP contribution in [-0.2, 0) is 0 Å². The number of nitro benzene ring substituents is 1. The molecule has 2 N–H and O–H groups in total. The number of carbonyl (C=O) groups excluding carboxylic acids is 1. The number of nitro groups is 1. The second kappa shape index (κ2) is 10.2. The van der Waals surface area contributed by atoms with Crippen LogP contribution >= 0.6 is 0 Å². The highest BCUT2D eigenvalue weighted by molar-refractivity contribution is 5.99. The first-order valence-corrected chi connectivity index (χ1v) is 11.0. The zero-order valence-corrected chi connectivity index (χ0v) is 18.7. The predicted molar refractivity (Wildman–Crippen MR) is 126 cm³/mol. The number of non-ortho nitro benzene ring substituents is 1. The van der Waals surface area contributed by atoms with Crippen molar-refractivity contribution >= 4 is 17.4 Å². The zero-order chi connectivity index (χ0) is 24.1. The molecule has 4 rings (SSSR count). The van der Waals surface area contributed by atoms with Crippen LogP contribution in [0, 0.1) is 10.1 Å². The summed E-state index contributed by atoms with van der Waals surface area (Å²) in [6, 6.07) is 11.4. The molecular weight excluding hydrogens is 438 g/mol. The molecule has 1 unspecified atom stereocenters. The third-order valence-corrected chi connectivity index (χ3v) is 5.52. The van der Waals surface area contributed by atoms with E-state index in [0.29, 0.717) is 36.2 Å². The van der Waals surface area contributed by atoms with Crippen LogP contribution in [0.4, 0.5) is 11.5 Å². The highest BCUT2D eigenvalue weighted by atomic mass is 16.6. The largest absolute Gasteiger partial charge is 0.490 e. The topological polar surface area (TPSA) is 134 Å². The Bertz CT molecular complexity index is 1200. The predicted octanol–water partition coefficient (Wildman–Crippen LogP) is 3.60. The molecule has 0 aliphatic carbocycles. The van der Waals surface area contributed by atoms with E-state index in [-0.39, 0.29) is 22.9 Å². The molecule has 1 aromatic heterocycles. The van der Waals surface area contributed by atoms with Crippen LogP contribution < -0.4 is 20.1 Å². The number of primary amides is 1. The monoisotopic (exact) mass is 463 g/mol. The van der Waals surface area contributed by atoms with Crippen molar-refractivity contribution in [3.05, 3.63) is 70.5 Å². The van der Waals surface area contributed by atoms with E-state index in [1.807, 2.05) is 31.2 Å². The summed E-state index contributed by atoms with van der Waals surface area (Å²) < 4.78 is 11.9. The standard InChI is InChI=1S/C24H25N5O5/c1-2-33-21-7-3-4-8-22(21)34-17-6-5-11-28(15-17)23-14-26-13-20(27-23)19-12-16(29(31)32)9-10-18(19)24(25)30/h3-4,7-10,12-14,17H,2,5-6,11,15H2,1H3,(H2,25,30). The van der Waals surface area contributed by atoms with Gasteiger partial charge in [-0.3, -0.25) is 19.9 Å². The number of carbonyl (C=O) groups is 1. The minimum absolute atomic E-state index is 0.0835. The summed E-state index contributed by atoms with van der Waals surface area (Å²) in [7, 11) is 0. The summed E-state index contributed by atoms with van der Waals surface area (Å²) in [5.41, 5.74) is 6.08. The van der Waals surface area contributed by atoms with Crippen LogP contribution in [0.5, 0.6) is 11.5 Å². The maximum Gasteiger partial charge on any atom is 0.270 e. The number of amides is 1. The van der Waals surface area contributed by atoms with Crippen LogP contribution in [0.1, 0.15) is 30.1 Å².